The summed E-state index contributed by atoms with van der Waals surface area (Å²) >= 11 is 8.26. The number of hydrogen-bond donors (Lipinski definition) is 2. The SMILES string of the molecule is O=S1CCN(CCC2CSC(c3cc4cc(Cl)cc(NC5CCCC5)c4[nH]3)=N2)CC1. The Bertz CT molecular complexity index is 959. The lowest BCUT2D eigenvalue weighted by Gasteiger charge is -2.26. The highest BCUT2D eigenvalue weighted by Gasteiger charge is 2.23. The zero-order chi connectivity index (χ0) is 20.5. The molecule has 0 spiro atoms. The second-order valence-corrected chi connectivity index (χ2v) is 11.7. The van der Waals surface area contributed by atoms with Gasteiger partial charge in [0.1, 0.15) is 5.04 Å². The normalized spacial score (nSPS) is 24.0. The van der Waals surface area contributed by atoms with Crippen molar-refractivity contribution in [2.45, 2.75) is 44.2 Å². The molecule has 1 atom stereocenters. The summed E-state index contributed by atoms with van der Waals surface area (Å²) in [5.74, 6) is 2.68. The summed E-state index contributed by atoms with van der Waals surface area (Å²) in [7, 11) is -0.603. The molecule has 1 unspecified atom stereocenters. The fourth-order valence-electron chi connectivity index (χ4n) is 4.67. The molecule has 1 aromatic heterocycles. The van der Waals surface area contributed by atoms with Crippen molar-refractivity contribution in [3.8, 4) is 0 Å². The van der Waals surface area contributed by atoms with Crippen LogP contribution in [0.5, 0.6) is 0 Å². The van der Waals surface area contributed by atoms with E-state index in [1.54, 1.807) is 0 Å². The molecule has 3 aliphatic rings. The van der Waals surface area contributed by atoms with Gasteiger partial charge in [-0.05, 0) is 37.5 Å². The van der Waals surface area contributed by atoms with E-state index in [0.29, 0.717) is 12.1 Å². The zero-order valence-corrected chi connectivity index (χ0v) is 19.6. The average molecular weight is 465 g/mol. The first-order valence-electron chi connectivity index (χ1n) is 11.0. The van der Waals surface area contributed by atoms with Crippen molar-refractivity contribution in [1.29, 1.82) is 0 Å². The average Bonchev–Trinajstić information content (AvgIpc) is 3.48. The van der Waals surface area contributed by atoms with Gasteiger partial charge in [-0.2, -0.15) is 0 Å². The molecule has 0 amide bonds. The number of aromatic nitrogens is 1. The van der Waals surface area contributed by atoms with Crippen LogP contribution in [0.2, 0.25) is 5.02 Å². The van der Waals surface area contributed by atoms with Crippen LogP contribution in [0, 0.1) is 0 Å². The van der Waals surface area contributed by atoms with Crippen LogP contribution in [0.4, 0.5) is 5.69 Å². The summed E-state index contributed by atoms with van der Waals surface area (Å²) < 4.78 is 11.5. The van der Waals surface area contributed by atoms with Crippen molar-refractivity contribution in [3.63, 3.8) is 0 Å². The number of hydrogen-bond acceptors (Lipinski definition) is 5. The smallest absolute Gasteiger partial charge is 0.114 e. The van der Waals surface area contributed by atoms with Crippen molar-refractivity contribution in [2.75, 3.05) is 42.2 Å². The predicted molar refractivity (Wildman–Crippen MR) is 131 cm³/mol. The van der Waals surface area contributed by atoms with Crippen LogP contribution in [-0.2, 0) is 10.8 Å². The molecule has 1 saturated heterocycles. The molecule has 1 saturated carbocycles. The van der Waals surface area contributed by atoms with E-state index < -0.39 is 10.8 Å². The molecule has 8 heteroatoms. The minimum Gasteiger partial charge on any atom is -0.381 e. The molecule has 5 rings (SSSR count). The first-order chi connectivity index (χ1) is 14.6. The van der Waals surface area contributed by atoms with E-state index >= 15 is 0 Å². The lowest BCUT2D eigenvalue weighted by Crippen LogP contribution is -2.39. The Hall–Kier alpha value is -1.02. The van der Waals surface area contributed by atoms with Crippen LogP contribution in [0.1, 0.15) is 37.8 Å². The van der Waals surface area contributed by atoms with E-state index in [4.69, 9.17) is 16.6 Å². The summed E-state index contributed by atoms with van der Waals surface area (Å²) in [6.07, 6.45) is 6.16. The maximum Gasteiger partial charge on any atom is 0.114 e. The van der Waals surface area contributed by atoms with Gasteiger partial charge in [-0.3, -0.25) is 9.20 Å². The van der Waals surface area contributed by atoms with Gasteiger partial charge >= 0.3 is 0 Å². The summed E-state index contributed by atoms with van der Waals surface area (Å²) in [4.78, 5) is 11.1. The molecule has 1 aliphatic carbocycles. The molecule has 3 heterocycles. The Balaban J connectivity index is 1.28. The molecular weight excluding hydrogens is 436 g/mol. The van der Waals surface area contributed by atoms with Crippen LogP contribution < -0.4 is 5.32 Å². The Morgan fingerprint density at radius 1 is 1.23 bits per heavy atom. The van der Waals surface area contributed by atoms with E-state index in [-0.39, 0.29) is 0 Å². The van der Waals surface area contributed by atoms with Gasteiger partial charge in [-0.15, -0.1) is 11.8 Å². The van der Waals surface area contributed by atoms with Gasteiger partial charge in [0, 0.05) is 64.1 Å². The summed E-state index contributed by atoms with van der Waals surface area (Å²) in [5.41, 5.74) is 3.34. The fraction of sp³-hybridized carbons (Fsp3) is 0.591. The number of anilines is 1. The topological polar surface area (TPSA) is 60.5 Å². The van der Waals surface area contributed by atoms with E-state index in [1.807, 2.05) is 23.9 Å². The number of nitrogens with zero attached hydrogens (tertiary/aromatic N) is 2. The Labute approximate surface area is 189 Å². The van der Waals surface area contributed by atoms with Crippen LogP contribution in [0.25, 0.3) is 10.9 Å². The maximum atomic E-state index is 11.5. The number of H-pyrrole nitrogens is 1. The van der Waals surface area contributed by atoms with Gasteiger partial charge in [-0.1, -0.05) is 24.4 Å². The first-order valence-corrected chi connectivity index (χ1v) is 13.9. The lowest BCUT2D eigenvalue weighted by atomic mass is 10.2. The van der Waals surface area contributed by atoms with Crippen LogP contribution in [0.3, 0.4) is 0 Å². The largest absolute Gasteiger partial charge is 0.381 e. The van der Waals surface area contributed by atoms with Crippen molar-refractivity contribution < 1.29 is 4.21 Å². The van der Waals surface area contributed by atoms with E-state index in [0.717, 1.165) is 75.7 Å². The van der Waals surface area contributed by atoms with Crippen LogP contribution in [-0.4, -0.2) is 68.1 Å². The van der Waals surface area contributed by atoms with E-state index in [2.05, 4.69) is 21.3 Å². The summed E-state index contributed by atoms with van der Waals surface area (Å²) in [5, 5.41) is 6.74. The van der Waals surface area contributed by atoms with Crippen LogP contribution >= 0.6 is 23.4 Å². The molecule has 0 bridgehead atoms. The second-order valence-electron chi connectivity index (χ2n) is 8.60. The Morgan fingerprint density at radius 3 is 2.83 bits per heavy atom. The summed E-state index contributed by atoms with van der Waals surface area (Å²) in [6, 6.07) is 7.18. The van der Waals surface area contributed by atoms with E-state index in [9.17, 15) is 4.21 Å². The second kappa shape index (κ2) is 9.23. The van der Waals surface area contributed by atoms with Gasteiger partial charge in [0.25, 0.3) is 0 Å². The van der Waals surface area contributed by atoms with Gasteiger partial charge in [0.05, 0.1) is 22.9 Å². The molecule has 30 heavy (non-hydrogen) atoms. The number of benzene rings is 1. The van der Waals surface area contributed by atoms with Crippen molar-refractivity contribution >= 4 is 55.8 Å². The number of rotatable bonds is 6. The fourth-order valence-corrected chi connectivity index (χ4v) is 7.10. The summed E-state index contributed by atoms with van der Waals surface area (Å²) in [6.45, 7) is 2.97. The highest BCUT2D eigenvalue weighted by atomic mass is 35.5. The quantitative estimate of drug-likeness (QED) is 0.661. The highest BCUT2D eigenvalue weighted by molar-refractivity contribution is 8.14. The lowest BCUT2D eigenvalue weighted by molar-refractivity contribution is 0.290. The van der Waals surface area contributed by atoms with Crippen molar-refractivity contribution in [1.82, 2.24) is 9.88 Å². The molecule has 2 aromatic rings. The third-order valence-electron chi connectivity index (χ3n) is 6.40. The molecule has 2 aliphatic heterocycles. The molecule has 1 aromatic carbocycles. The van der Waals surface area contributed by atoms with Gasteiger partial charge in [0.2, 0.25) is 0 Å². The molecule has 2 fully saturated rings. The van der Waals surface area contributed by atoms with Crippen LogP contribution in [0.15, 0.2) is 23.2 Å². The van der Waals surface area contributed by atoms with Gasteiger partial charge < -0.3 is 15.2 Å². The number of thioether (sulfide) groups is 1. The Morgan fingerprint density at radius 2 is 2.03 bits per heavy atom. The molecular formula is C22H29ClN4OS2. The van der Waals surface area contributed by atoms with Crippen molar-refractivity contribution in [2.24, 2.45) is 4.99 Å². The predicted octanol–water partition coefficient (Wildman–Crippen LogP) is 4.49. The zero-order valence-electron chi connectivity index (χ0n) is 17.2. The number of halogens is 1. The van der Waals surface area contributed by atoms with E-state index in [1.165, 1.54) is 25.7 Å². The van der Waals surface area contributed by atoms with Crippen molar-refractivity contribution in [3.05, 3.63) is 28.9 Å². The number of aromatic amines is 1. The highest BCUT2D eigenvalue weighted by Crippen LogP contribution is 2.33. The third kappa shape index (κ3) is 4.74. The minimum absolute atomic E-state index is 0.364. The van der Waals surface area contributed by atoms with Gasteiger partial charge in [0.15, 0.2) is 0 Å². The number of fused-ring (bicyclic) bond motifs is 1. The number of aliphatic imine (C=N–C) groups is 1. The monoisotopic (exact) mass is 464 g/mol. The third-order valence-corrected chi connectivity index (χ3v) is 9.04. The standard InChI is InChI=1S/C22H29ClN4OS2/c23-16-11-15-12-20(26-21(15)19(13-16)24-17-3-1-2-4-17)22-25-18(14-29-22)5-6-27-7-9-30(28)10-8-27/h11-13,17-18,24,26H,1-10,14H2. The maximum absolute atomic E-state index is 11.5. The molecule has 0 radical (unpaired) electrons. The molecule has 2 N–H and O–H groups in total. The first kappa shape index (κ1) is 20.9. The molecule has 5 nitrogen and oxygen atoms in total. The minimum atomic E-state index is -0.603. The van der Waals surface area contributed by atoms with Gasteiger partial charge in [-0.25, -0.2) is 0 Å². The number of nitrogens with one attached hydrogen (secondary N) is 2. The molecule has 162 valence electrons. The Kier molecular flexibility index (Phi) is 6.42.